The van der Waals surface area contributed by atoms with Gasteiger partial charge in [-0.05, 0) is 60.7 Å². The largest absolute Gasteiger partial charge is 0.0683 e. The first kappa shape index (κ1) is 12.8. The topological polar surface area (TPSA) is 0 Å². The van der Waals surface area contributed by atoms with Crippen LogP contribution in [0.5, 0.6) is 0 Å². The van der Waals surface area contributed by atoms with Crippen molar-refractivity contribution >= 4 is 10.8 Å². The highest BCUT2D eigenvalue weighted by Gasteiger charge is 2.05. The summed E-state index contributed by atoms with van der Waals surface area (Å²) in [6, 6.07) is 8.85. The fourth-order valence-corrected chi connectivity index (χ4v) is 2.24. The van der Waals surface area contributed by atoms with Crippen molar-refractivity contribution in [2.24, 2.45) is 0 Å². The van der Waals surface area contributed by atoms with E-state index in [9.17, 15) is 0 Å². The summed E-state index contributed by atoms with van der Waals surface area (Å²) in [5.41, 5.74) is 5.53. The molecule has 0 saturated heterocycles. The molecular formula is C16H22. The third kappa shape index (κ3) is 2.11. The monoisotopic (exact) mass is 214 g/mol. The van der Waals surface area contributed by atoms with Crippen molar-refractivity contribution in [2.75, 3.05) is 0 Å². The van der Waals surface area contributed by atoms with E-state index >= 15 is 0 Å². The summed E-state index contributed by atoms with van der Waals surface area (Å²) in [5, 5.41) is 2.87. The molecule has 0 bridgehead atoms. The molecule has 2 aromatic carbocycles. The molecule has 0 aliphatic carbocycles. The summed E-state index contributed by atoms with van der Waals surface area (Å²) in [7, 11) is 0. The van der Waals surface area contributed by atoms with E-state index in [0.29, 0.717) is 0 Å². The maximum absolute atomic E-state index is 2.21. The van der Waals surface area contributed by atoms with E-state index in [4.69, 9.17) is 0 Å². The Morgan fingerprint density at radius 1 is 0.500 bits per heavy atom. The summed E-state index contributed by atoms with van der Waals surface area (Å²) < 4.78 is 0. The highest BCUT2D eigenvalue weighted by molar-refractivity contribution is 5.93. The van der Waals surface area contributed by atoms with Crippen LogP contribution < -0.4 is 0 Å². The lowest BCUT2D eigenvalue weighted by Crippen LogP contribution is -1.89. The standard InChI is InChI=1S/C14H16.C2H6/c1-9-5-6-11(3)14-12(4)8-7-10(2)13(9)14;1-2/h5-8H,1-4H3;1-2H3. The van der Waals surface area contributed by atoms with Crippen molar-refractivity contribution < 1.29 is 0 Å². The summed E-state index contributed by atoms with van der Waals surface area (Å²) >= 11 is 0. The third-order valence-electron chi connectivity index (χ3n) is 2.99. The molecule has 0 N–H and O–H groups in total. The van der Waals surface area contributed by atoms with Crippen LogP contribution in [0.15, 0.2) is 24.3 Å². The van der Waals surface area contributed by atoms with Crippen LogP contribution in [0.2, 0.25) is 0 Å². The number of aryl methyl sites for hydroxylation is 4. The maximum Gasteiger partial charge on any atom is -0.0120 e. The number of benzene rings is 2. The van der Waals surface area contributed by atoms with Crippen molar-refractivity contribution in [3.63, 3.8) is 0 Å². The smallest absolute Gasteiger partial charge is 0.0120 e. The average Bonchev–Trinajstić information content (AvgIpc) is 2.30. The number of hydrogen-bond acceptors (Lipinski definition) is 0. The molecule has 0 aromatic heterocycles. The SMILES string of the molecule is CC.Cc1ccc(C)c2c(C)ccc(C)c12. The van der Waals surface area contributed by atoms with Crippen LogP contribution >= 0.6 is 0 Å². The van der Waals surface area contributed by atoms with E-state index in [-0.39, 0.29) is 0 Å². The van der Waals surface area contributed by atoms with E-state index in [0.717, 1.165) is 0 Å². The maximum atomic E-state index is 2.21. The molecule has 0 unspecified atom stereocenters. The number of hydrogen-bond donors (Lipinski definition) is 0. The average molecular weight is 214 g/mol. The van der Waals surface area contributed by atoms with E-state index in [2.05, 4.69) is 52.0 Å². The Hall–Kier alpha value is -1.30. The summed E-state index contributed by atoms with van der Waals surface area (Å²) in [6.45, 7) is 12.8. The van der Waals surface area contributed by atoms with Crippen molar-refractivity contribution in [1.82, 2.24) is 0 Å². The predicted molar refractivity (Wildman–Crippen MR) is 74.2 cm³/mol. The highest BCUT2D eigenvalue weighted by Crippen LogP contribution is 2.27. The minimum atomic E-state index is 1.38. The van der Waals surface area contributed by atoms with Gasteiger partial charge in [0.2, 0.25) is 0 Å². The van der Waals surface area contributed by atoms with Crippen molar-refractivity contribution in [3.05, 3.63) is 46.5 Å². The van der Waals surface area contributed by atoms with Crippen LogP contribution in [0.4, 0.5) is 0 Å². The van der Waals surface area contributed by atoms with Crippen LogP contribution in [0, 0.1) is 27.7 Å². The van der Waals surface area contributed by atoms with Gasteiger partial charge in [0, 0.05) is 0 Å². The van der Waals surface area contributed by atoms with Gasteiger partial charge >= 0.3 is 0 Å². The molecule has 0 spiro atoms. The van der Waals surface area contributed by atoms with Gasteiger partial charge in [-0.15, -0.1) is 0 Å². The Morgan fingerprint density at radius 3 is 0.875 bits per heavy atom. The Bertz CT molecular complexity index is 404. The van der Waals surface area contributed by atoms with Gasteiger partial charge in [-0.2, -0.15) is 0 Å². The van der Waals surface area contributed by atoms with Crippen molar-refractivity contribution in [3.8, 4) is 0 Å². The summed E-state index contributed by atoms with van der Waals surface area (Å²) in [5.74, 6) is 0. The second-order valence-electron chi connectivity index (χ2n) is 4.15. The molecule has 0 heteroatoms. The van der Waals surface area contributed by atoms with E-state index in [1.807, 2.05) is 13.8 Å². The molecular weight excluding hydrogens is 192 g/mol. The fourth-order valence-electron chi connectivity index (χ4n) is 2.24. The first-order chi connectivity index (χ1) is 7.61. The summed E-state index contributed by atoms with van der Waals surface area (Å²) in [6.07, 6.45) is 0. The zero-order valence-corrected chi connectivity index (χ0v) is 11.3. The molecule has 16 heavy (non-hydrogen) atoms. The highest BCUT2D eigenvalue weighted by atomic mass is 14.1. The Kier molecular flexibility index (Phi) is 4.12. The fraction of sp³-hybridized carbons (Fsp3) is 0.375. The van der Waals surface area contributed by atoms with Crippen molar-refractivity contribution in [2.45, 2.75) is 41.5 Å². The zero-order valence-electron chi connectivity index (χ0n) is 11.3. The molecule has 0 aliphatic rings. The van der Waals surface area contributed by atoms with Crippen LogP contribution in [0.3, 0.4) is 0 Å². The molecule has 0 saturated carbocycles. The second-order valence-corrected chi connectivity index (χ2v) is 4.15. The molecule has 86 valence electrons. The molecule has 0 amide bonds. The zero-order chi connectivity index (χ0) is 12.3. The molecule has 0 nitrogen and oxygen atoms in total. The van der Waals surface area contributed by atoms with Gasteiger partial charge in [0.25, 0.3) is 0 Å². The van der Waals surface area contributed by atoms with E-state index < -0.39 is 0 Å². The predicted octanol–water partition coefficient (Wildman–Crippen LogP) is 5.10. The van der Waals surface area contributed by atoms with Gasteiger partial charge in [0.05, 0.1) is 0 Å². The Morgan fingerprint density at radius 2 is 0.688 bits per heavy atom. The Labute approximate surface area is 99.3 Å². The van der Waals surface area contributed by atoms with Gasteiger partial charge in [0.1, 0.15) is 0 Å². The molecule has 0 atom stereocenters. The molecule has 0 heterocycles. The minimum absolute atomic E-state index is 1.38. The Balaban J connectivity index is 0.000000606. The number of fused-ring (bicyclic) bond motifs is 1. The first-order valence-corrected chi connectivity index (χ1v) is 6.07. The lowest BCUT2D eigenvalue weighted by atomic mass is 9.94. The lowest BCUT2D eigenvalue weighted by Gasteiger charge is -2.11. The van der Waals surface area contributed by atoms with E-state index in [1.165, 1.54) is 33.0 Å². The van der Waals surface area contributed by atoms with Crippen LogP contribution in [-0.4, -0.2) is 0 Å². The third-order valence-corrected chi connectivity index (χ3v) is 2.99. The first-order valence-electron chi connectivity index (χ1n) is 6.07. The minimum Gasteiger partial charge on any atom is -0.0683 e. The molecule has 2 aromatic rings. The van der Waals surface area contributed by atoms with Crippen LogP contribution in [0.25, 0.3) is 10.8 Å². The molecule has 0 fully saturated rings. The number of rotatable bonds is 0. The van der Waals surface area contributed by atoms with Gasteiger partial charge in [-0.3, -0.25) is 0 Å². The lowest BCUT2D eigenvalue weighted by molar-refractivity contribution is 1.38. The van der Waals surface area contributed by atoms with Crippen molar-refractivity contribution in [1.29, 1.82) is 0 Å². The molecule has 2 rings (SSSR count). The van der Waals surface area contributed by atoms with Gasteiger partial charge in [0.15, 0.2) is 0 Å². The quantitative estimate of drug-likeness (QED) is 0.572. The van der Waals surface area contributed by atoms with Gasteiger partial charge in [-0.25, -0.2) is 0 Å². The molecule has 0 radical (unpaired) electrons. The van der Waals surface area contributed by atoms with Gasteiger partial charge < -0.3 is 0 Å². The van der Waals surface area contributed by atoms with Gasteiger partial charge in [-0.1, -0.05) is 38.1 Å². The normalized spacial score (nSPS) is 9.88. The molecule has 0 aliphatic heterocycles. The van der Waals surface area contributed by atoms with E-state index in [1.54, 1.807) is 0 Å². The second kappa shape index (κ2) is 5.16. The van der Waals surface area contributed by atoms with Crippen LogP contribution in [0.1, 0.15) is 36.1 Å². The van der Waals surface area contributed by atoms with Crippen LogP contribution in [-0.2, 0) is 0 Å². The summed E-state index contributed by atoms with van der Waals surface area (Å²) in [4.78, 5) is 0.